The number of unbranched alkanes of at least 4 members (excludes halogenated alkanes) is 1. The zero-order valence-corrected chi connectivity index (χ0v) is 8.84. The van der Waals surface area contributed by atoms with E-state index in [1.54, 1.807) is 0 Å². The first kappa shape index (κ1) is 10.9. The lowest BCUT2D eigenvalue weighted by Gasteiger charge is -2.06. The average Bonchev–Trinajstić information content (AvgIpc) is 2.18. The van der Waals surface area contributed by atoms with Crippen molar-refractivity contribution in [3.8, 4) is 11.8 Å². The largest absolute Gasteiger partial charge is 0.494 e. The first-order chi connectivity index (χ1) is 6.74. The summed E-state index contributed by atoms with van der Waals surface area (Å²) in [7, 11) is 0. The molecule has 14 heavy (non-hydrogen) atoms. The molecule has 0 amide bonds. The highest BCUT2D eigenvalue weighted by atomic mass is 35.5. The Kier molecular flexibility index (Phi) is 4.28. The minimum atomic E-state index is 0.534. The Labute approximate surface area is 89.1 Å². The van der Waals surface area contributed by atoms with E-state index >= 15 is 0 Å². The van der Waals surface area contributed by atoms with Gasteiger partial charge in [0.2, 0.25) is 0 Å². The van der Waals surface area contributed by atoms with E-state index in [0.717, 1.165) is 22.8 Å². The van der Waals surface area contributed by atoms with Gasteiger partial charge in [0.15, 0.2) is 0 Å². The third-order valence-corrected chi connectivity index (χ3v) is 2.26. The highest BCUT2D eigenvalue weighted by Gasteiger charge is 1.97. The van der Waals surface area contributed by atoms with E-state index in [9.17, 15) is 0 Å². The van der Waals surface area contributed by atoms with Crippen LogP contribution in [-0.4, -0.2) is 6.61 Å². The third-order valence-electron chi connectivity index (χ3n) is 1.83. The van der Waals surface area contributed by atoms with Crippen LogP contribution in [0.5, 0.6) is 5.75 Å². The molecule has 0 radical (unpaired) electrons. The number of halogens is 1. The van der Waals surface area contributed by atoms with Crippen LogP contribution in [0, 0.1) is 18.3 Å². The van der Waals surface area contributed by atoms with Gasteiger partial charge in [-0.2, -0.15) is 5.26 Å². The van der Waals surface area contributed by atoms with Crippen molar-refractivity contribution in [2.24, 2.45) is 0 Å². The first-order valence-corrected chi connectivity index (χ1v) is 4.87. The molecule has 74 valence electrons. The first-order valence-electron chi connectivity index (χ1n) is 4.50. The van der Waals surface area contributed by atoms with Crippen LogP contribution in [-0.2, 0) is 0 Å². The molecule has 1 aromatic rings. The topological polar surface area (TPSA) is 33.0 Å². The monoisotopic (exact) mass is 209 g/mol. The van der Waals surface area contributed by atoms with Crippen LogP contribution >= 0.6 is 11.6 Å². The van der Waals surface area contributed by atoms with Gasteiger partial charge in [-0.05, 0) is 37.1 Å². The zero-order valence-electron chi connectivity index (χ0n) is 8.09. The SMILES string of the molecule is Cc1cc(OCCCC#N)ccc1Cl. The summed E-state index contributed by atoms with van der Waals surface area (Å²) in [6, 6.07) is 7.62. The van der Waals surface area contributed by atoms with Gasteiger partial charge in [-0.15, -0.1) is 0 Å². The maximum absolute atomic E-state index is 8.32. The van der Waals surface area contributed by atoms with Crippen LogP contribution < -0.4 is 4.74 Å². The molecule has 0 aliphatic heterocycles. The number of rotatable bonds is 4. The highest BCUT2D eigenvalue weighted by Crippen LogP contribution is 2.21. The Balaban J connectivity index is 2.44. The predicted octanol–water partition coefficient (Wildman–Crippen LogP) is 3.33. The number of hydrogen-bond donors (Lipinski definition) is 0. The fraction of sp³-hybridized carbons (Fsp3) is 0.364. The Morgan fingerprint density at radius 3 is 2.93 bits per heavy atom. The lowest BCUT2D eigenvalue weighted by molar-refractivity contribution is 0.312. The van der Waals surface area contributed by atoms with Crippen molar-refractivity contribution in [1.29, 1.82) is 5.26 Å². The van der Waals surface area contributed by atoms with Crippen molar-refractivity contribution in [2.45, 2.75) is 19.8 Å². The minimum absolute atomic E-state index is 0.534. The maximum Gasteiger partial charge on any atom is 0.119 e. The van der Waals surface area contributed by atoms with E-state index in [0.29, 0.717) is 13.0 Å². The van der Waals surface area contributed by atoms with E-state index in [4.69, 9.17) is 21.6 Å². The van der Waals surface area contributed by atoms with Crippen molar-refractivity contribution in [3.63, 3.8) is 0 Å². The van der Waals surface area contributed by atoms with Gasteiger partial charge in [0, 0.05) is 11.4 Å². The Morgan fingerprint density at radius 1 is 1.50 bits per heavy atom. The van der Waals surface area contributed by atoms with Crippen LogP contribution in [0.2, 0.25) is 5.02 Å². The van der Waals surface area contributed by atoms with Crippen LogP contribution in [0.1, 0.15) is 18.4 Å². The molecule has 2 nitrogen and oxygen atoms in total. The van der Waals surface area contributed by atoms with Crippen molar-refractivity contribution in [3.05, 3.63) is 28.8 Å². The van der Waals surface area contributed by atoms with Crippen LogP contribution in [0.15, 0.2) is 18.2 Å². The molecule has 0 saturated carbocycles. The normalized spacial score (nSPS) is 9.50. The fourth-order valence-electron chi connectivity index (χ4n) is 1.05. The van der Waals surface area contributed by atoms with Crippen molar-refractivity contribution < 1.29 is 4.74 Å². The Hall–Kier alpha value is -1.20. The average molecular weight is 210 g/mol. The zero-order chi connectivity index (χ0) is 10.4. The second-order valence-electron chi connectivity index (χ2n) is 3.02. The number of nitriles is 1. The summed E-state index contributed by atoms with van der Waals surface area (Å²) in [6.07, 6.45) is 1.30. The van der Waals surface area contributed by atoms with E-state index in [2.05, 4.69) is 6.07 Å². The molecule has 0 bridgehead atoms. The summed E-state index contributed by atoms with van der Waals surface area (Å²) in [5, 5.41) is 9.07. The smallest absolute Gasteiger partial charge is 0.119 e. The summed E-state index contributed by atoms with van der Waals surface area (Å²) in [6.45, 7) is 2.51. The van der Waals surface area contributed by atoms with Gasteiger partial charge < -0.3 is 4.74 Å². The third kappa shape index (κ3) is 3.27. The van der Waals surface area contributed by atoms with Gasteiger partial charge in [-0.3, -0.25) is 0 Å². The molecule has 0 aromatic heterocycles. The molecule has 1 aromatic carbocycles. The van der Waals surface area contributed by atoms with Crippen molar-refractivity contribution in [1.82, 2.24) is 0 Å². The standard InChI is InChI=1S/C11H12ClNO/c1-9-8-10(4-5-11(9)12)14-7-3-2-6-13/h4-5,8H,2-3,7H2,1H3. The number of hydrogen-bond acceptors (Lipinski definition) is 2. The van der Waals surface area contributed by atoms with Crippen molar-refractivity contribution >= 4 is 11.6 Å². The summed E-state index contributed by atoms with van der Waals surface area (Å²) in [4.78, 5) is 0. The van der Waals surface area contributed by atoms with E-state index in [-0.39, 0.29) is 0 Å². The van der Waals surface area contributed by atoms with E-state index < -0.39 is 0 Å². The number of ether oxygens (including phenoxy) is 1. The molecule has 3 heteroatoms. The van der Waals surface area contributed by atoms with Crippen LogP contribution in [0.4, 0.5) is 0 Å². The fourth-order valence-corrected chi connectivity index (χ4v) is 1.17. The van der Waals surface area contributed by atoms with Gasteiger partial charge in [-0.1, -0.05) is 11.6 Å². The molecule has 0 heterocycles. The molecule has 0 aliphatic rings. The Bertz CT molecular complexity index is 344. The number of benzene rings is 1. The molecule has 0 N–H and O–H groups in total. The van der Waals surface area contributed by atoms with Crippen LogP contribution in [0.3, 0.4) is 0 Å². The molecule has 0 aliphatic carbocycles. The molecular weight excluding hydrogens is 198 g/mol. The molecule has 0 atom stereocenters. The lowest BCUT2D eigenvalue weighted by atomic mass is 10.2. The van der Waals surface area contributed by atoms with Gasteiger partial charge in [0.25, 0.3) is 0 Å². The van der Waals surface area contributed by atoms with Gasteiger partial charge in [-0.25, -0.2) is 0 Å². The van der Waals surface area contributed by atoms with Gasteiger partial charge in [0.05, 0.1) is 12.7 Å². The van der Waals surface area contributed by atoms with Crippen molar-refractivity contribution in [2.75, 3.05) is 6.61 Å². The van der Waals surface area contributed by atoms with E-state index in [1.807, 2.05) is 25.1 Å². The predicted molar refractivity (Wildman–Crippen MR) is 56.5 cm³/mol. The lowest BCUT2D eigenvalue weighted by Crippen LogP contribution is -1.96. The minimum Gasteiger partial charge on any atom is -0.494 e. The molecule has 0 unspecified atom stereocenters. The number of nitrogens with zero attached hydrogens (tertiary/aromatic N) is 1. The quantitative estimate of drug-likeness (QED) is 0.713. The summed E-state index contributed by atoms with van der Waals surface area (Å²) >= 11 is 5.87. The molecule has 0 fully saturated rings. The van der Waals surface area contributed by atoms with Gasteiger partial charge in [0.1, 0.15) is 5.75 Å². The molecule has 0 spiro atoms. The van der Waals surface area contributed by atoms with Crippen LogP contribution in [0.25, 0.3) is 0 Å². The second-order valence-corrected chi connectivity index (χ2v) is 3.43. The molecular formula is C11H12ClNO. The van der Waals surface area contributed by atoms with Gasteiger partial charge >= 0.3 is 0 Å². The van der Waals surface area contributed by atoms with E-state index in [1.165, 1.54) is 0 Å². The maximum atomic E-state index is 8.32. The Morgan fingerprint density at radius 2 is 2.29 bits per heavy atom. The summed E-state index contributed by atoms with van der Waals surface area (Å²) in [5.41, 5.74) is 1.00. The molecule has 1 rings (SSSR count). The number of aryl methyl sites for hydroxylation is 1. The second kappa shape index (κ2) is 5.51. The summed E-state index contributed by atoms with van der Waals surface area (Å²) in [5.74, 6) is 0.810. The highest BCUT2D eigenvalue weighted by molar-refractivity contribution is 6.31. The summed E-state index contributed by atoms with van der Waals surface area (Å²) < 4.78 is 5.43. The molecule has 0 saturated heterocycles.